The van der Waals surface area contributed by atoms with E-state index in [0.29, 0.717) is 4.90 Å². The van der Waals surface area contributed by atoms with E-state index < -0.39 is 47.2 Å². The first-order valence-electron chi connectivity index (χ1n) is 7.12. The third-order valence-electron chi connectivity index (χ3n) is 3.34. The summed E-state index contributed by atoms with van der Waals surface area (Å²) in [6, 6.07) is 0.146. The Morgan fingerprint density at radius 1 is 0.917 bits per heavy atom. The van der Waals surface area contributed by atoms with Crippen molar-refractivity contribution in [2.75, 3.05) is 25.5 Å². The number of benzene rings is 1. The van der Waals surface area contributed by atoms with Crippen molar-refractivity contribution in [1.82, 2.24) is 5.32 Å². The van der Waals surface area contributed by atoms with Crippen molar-refractivity contribution >= 4 is 17.5 Å². The molecule has 1 atom stereocenters. The Bertz CT molecular complexity index is 650. The van der Waals surface area contributed by atoms with E-state index in [0.717, 1.165) is 12.8 Å². The standard InChI is InChI=1S/C14H14F5N3O2/c1-22(4-7(23)20-6-2-3-6)5-8(24)21-14-12(18)10(16)9(15)11(17)13(14)19/h6H,2-5H2,1H3,(H,20,23)(H,21,24)/p+1. The van der Waals surface area contributed by atoms with Crippen LogP contribution in [0, 0.1) is 29.1 Å². The number of carbonyl (C=O) groups is 2. The molecular formula is C14H15F5N3O2+. The van der Waals surface area contributed by atoms with Gasteiger partial charge in [0.25, 0.3) is 11.8 Å². The molecule has 0 saturated heterocycles. The van der Waals surface area contributed by atoms with E-state index in [9.17, 15) is 31.5 Å². The normalized spacial score (nSPS) is 15.1. The van der Waals surface area contributed by atoms with E-state index in [-0.39, 0.29) is 18.5 Å². The Kier molecular flexibility index (Phi) is 5.37. The predicted molar refractivity (Wildman–Crippen MR) is 72.6 cm³/mol. The van der Waals surface area contributed by atoms with Gasteiger partial charge < -0.3 is 15.5 Å². The third kappa shape index (κ3) is 4.19. The molecule has 3 N–H and O–H groups in total. The maximum atomic E-state index is 13.5. The number of halogens is 5. The SMILES string of the molecule is C[NH+](CC(=O)Nc1c(F)c(F)c(F)c(F)c1F)CC(=O)NC1CC1. The van der Waals surface area contributed by atoms with Gasteiger partial charge in [-0.15, -0.1) is 0 Å². The zero-order valence-electron chi connectivity index (χ0n) is 12.6. The number of rotatable bonds is 6. The van der Waals surface area contributed by atoms with Gasteiger partial charge >= 0.3 is 0 Å². The molecule has 0 heterocycles. The van der Waals surface area contributed by atoms with Crippen molar-refractivity contribution in [3.05, 3.63) is 29.1 Å². The van der Waals surface area contributed by atoms with Gasteiger partial charge in [-0.1, -0.05) is 0 Å². The van der Waals surface area contributed by atoms with Crippen LogP contribution in [0.1, 0.15) is 12.8 Å². The fraction of sp³-hybridized carbons (Fsp3) is 0.429. The zero-order valence-corrected chi connectivity index (χ0v) is 12.6. The van der Waals surface area contributed by atoms with E-state index in [1.54, 1.807) is 5.32 Å². The summed E-state index contributed by atoms with van der Waals surface area (Å²) in [4.78, 5) is 23.7. The molecule has 0 radical (unpaired) electrons. The van der Waals surface area contributed by atoms with Crippen LogP contribution in [0.2, 0.25) is 0 Å². The zero-order chi connectivity index (χ0) is 18.0. The van der Waals surface area contributed by atoms with Crippen molar-refractivity contribution in [3.63, 3.8) is 0 Å². The van der Waals surface area contributed by atoms with Gasteiger partial charge in [0.1, 0.15) is 5.69 Å². The molecule has 0 aliphatic heterocycles. The van der Waals surface area contributed by atoms with Gasteiger partial charge in [-0.25, -0.2) is 22.0 Å². The van der Waals surface area contributed by atoms with Crippen LogP contribution in [-0.4, -0.2) is 38.0 Å². The van der Waals surface area contributed by atoms with Crippen LogP contribution in [0.25, 0.3) is 0 Å². The highest BCUT2D eigenvalue weighted by Crippen LogP contribution is 2.26. The number of hydrogen-bond donors (Lipinski definition) is 3. The Labute approximate surface area is 133 Å². The van der Waals surface area contributed by atoms with E-state index in [1.807, 2.05) is 0 Å². The smallest absolute Gasteiger partial charge is 0.279 e. The van der Waals surface area contributed by atoms with Crippen molar-refractivity contribution in [1.29, 1.82) is 0 Å². The Morgan fingerprint density at radius 3 is 1.88 bits per heavy atom. The summed E-state index contributed by atoms with van der Waals surface area (Å²) in [5, 5.41) is 4.35. The van der Waals surface area contributed by atoms with Crippen LogP contribution in [0.4, 0.5) is 27.6 Å². The highest BCUT2D eigenvalue weighted by Gasteiger charge is 2.28. The van der Waals surface area contributed by atoms with Gasteiger partial charge in [0.05, 0.1) is 7.05 Å². The van der Waals surface area contributed by atoms with Crippen molar-refractivity contribution in [3.8, 4) is 0 Å². The monoisotopic (exact) mass is 352 g/mol. The lowest BCUT2D eigenvalue weighted by molar-refractivity contribution is -0.862. The minimum absolute atomic E-state index is 0.0684. The molecule has 10 heteroatoms. The summed E-state index contributed by atoms with van der Waals surface area (Å²) in [6.07, 6.45) is 1.79. The van der Waals surface area contributed by atoms with Crippen molar-refractivity contribution < 1.29 is 36.4 Å². The lowest BCUT2D eigenvalue weighted by atomic mass is 10.2. The first-order chi connectivity index (χ1) is 11.2. The molecule has 0 bridgehead atoms. The summed E-state index contributed by atoms with van der Waals surface area (Å²) in [5.41, 5.74) is -1.41. The summed E-state index contributed by atoms with van der Waals surface area (Å²) in [7, 11) is 1.48. The molecule has 0 aromatic heterocycles. The second-order valence-electron chi connectivity index (χ2n) is 5.65. The van der Waals surface area contributed by atoms with E-state index in [4.69, 9.17) is 0 Å². The summed E-state index contributed by atoms with van der Waals surface area (Å²) >= 11 is 0. The van der Waals surface area contributed by atoms with E-state index in [1.165, 1.54) is 7.05 Å². The molecule has 0 spiro atoms. The Balaban J connectivity index is 1.98. The molecule has 1 aliphatic carbocycles. The predicted octanol–water partition coefficient (Wildman–Crippen LogP) is 0.114. The lowest BCUT2D eigenvalue weighted by Crippen LogP contribution is -3.11. The topological polar surface area (TPSA) is 62.6 Å². The maximum Gasteiger partial charge on any atom is 0.279 e. The summed E-state index contributed by atoms with van der Waals surface area (Å²) in [6.45, 7) is -0.460. The number of anilines is 1. The number of carbonyl (C=O) groups excluding carboxylic acids is 2. The number of hydrogen-bond acceptors (Lipinski definition) is 2. The average molecular weight is 352 g/mol. The van der Waals surface area contributed by atoms with Gasteiger partial charge in [-0.3, -0.25) is 9.59 Å². The van der Waals surface area contributed by atoms with Gasteiger partial charge in [-0.05, 0) is 12.8 Å². The van der Waals surface area contributed by atoms with Gasteiger partial charge in [0.2, 0.25) is 5.82 Å². The molecule has 1 aliphatic rings. The first-order valence-corrected chi connectivity index (χ1v) is 7.12. The van der Waals surface area contributed by atoms with Crippen LogP contribution in [0.3, 0.4) is 0 Å². The highest BCUT2D eigenvalue weighted by atomic mass is 19.2. The number of likely N-dealkylation sites (N-methyl/N-ethyl adjacent to an activating group) is 1. The molecule has 2 rings (SSSR count). The molecule has 5 nitrogen and oxygen atoms in total. The van der Waals surface area contributed by atoms with Crippen LogP contribution in [0.15, 0.2) is 0 Å². The number of amides is 2. The molecular weight excluding hydrogens is 337 g/mol. The average Bonchev–Trinajstić information content (AvgIpc) is 3.31. The lowest BCUT2D eigenvalue weighted by Gasteiger charge is -2.14. The number of quaternary nitrogens is 1. The van der Waals surface area contributed by atoms with Crippen LogP contribution >= 0.6 is 0 Å². The second-order valence-corrected chi connectivity index (χ2v) is 5.65. The van der Waals surface area contributed by atoms with Gasteiger partial charge in [0, 0.05) is 6.04 Å². The van der Waals surface area contributed by atoms with Crippen molar-refractivity contribution in [2.45, 2.75) is 18.9 Å². The second kappa shape index (κ2) is 7.12. The van der Waals surface area contributed by atoms with Gasteiger partial charge in [0.15, 0.2) is 36.4 Å². The highest BCUT2D eigenvalue weighted by molar-refractivity contribution is 5.92. The quantitative estimate of drug-likeness (QED) is 0.387. The molecule has 1 fully saturated rings. The molecule has 2 amide bonds. The van der Waals surface area contributed by atoms with Crippen LogP contribution in [0.5, 0.6) is 0 Å². The van der Waals surface area contributed by atoms with Gasteiger partial charge in [-0.2, -0.15) is 0 Å². The minimum Gasteiger partial charge on any atom is -0.348 e. The molecule has 1 aromatic rings. The fourth-order valence-electron chi connectivity index (χ4n) is 2.02. The van der Waals surface area contributed by atoms with Crippen molar-refractivity contribution in [2.24, 2.45) is 0 Å². The van der Waals surface area contributed by atoms with E-state index >= 15 is 0 Å². The molecule has 1 saturated carbocycles. The first kappa shape index (κ1) is 18.1. The Morgan fingerprint density at radius 2 is 1.38 bits per heavy atom. The third-order valence-corrected chi connectivity index (χ3v) is 3.34. The van der Waals surface area contributed by atoms with E-state index in [2.05, 4.69) is 5.32 Å². The van der Waals surface area contributed by atoms with Crippen LogP contribution < -0.4 is 15.5 Å². The minimum atomic E-state index is -2.30. The van der Waals surface area contributed by atoms with Crippen LogP contribution in [-0.2, 0) is 9.59 Å². The Hall–Kier alpha value is -2.23. The summed E-state index contributed by atoms with van der Waals surface area (Å²) < 4.78 is 65.9. The molecule has 132 valence electrons. The molecule has 1 aromatic carbocycles. The largest absolute Gasteiger partial charge is 0.348 e. The fourth-order valence-corrected chi connectivity index (χ4v) is 2.02. The molecule has 1 unspecified atom stereocenters. The molecule has 24 heavy (non-hydrogen) atoms. The number of nitrogens with one attached hydrogen (secondary N) is 3. The maximum absolute atomic E-state index is 13.5. The summed E-state index contributed by atoms with van der Waals surface area (Å²) in [5.74, 6) is -12.1.